The molecule has 1 aliphatic rings. The molecule has 8 nitrogen and oxygen atoms in total. The second-order valence-electron chi connectivity index (χ2n) is 10.2. The first-order valence-corrected chi connectivity index (χ1v) is 13.2. The first-order valence-electron chi connectivity index (χ1n) is 13.2. The maximum atomic E-state index is 13.5. The third kappa shape index (κ3) is 5.50. The fourth-order valence-electron chi connectivity index (χ4n) is 5.35. The zero-order valence-corrected chi connectivity index (χ0v) is 21.8. The van der Waals surface area contributed by atoms with E-state index in [0.717, 1.165) is 54.8 Å². The number of nitrogens with zero attached hydrogens (tertiary/aromatic N) is 6. The number of tetrazole rings is 1. The minimum Gasteiger partial charge on any atom is -0.322 e. The molecule has 0 bridgehead atoms. The zero-order valence-electron chi connectivity index (χ0n) is 21.8. The van der Waals surface area contributed by atoms with Crippen LogP contribution in [0.25, 0.3) is 10.9 Å². The third-order valence-electron chi connectivity index (χ3n) is 7.39. The van der Waals surface area contributed by atoms with Gasteiger partial charge >= 0.3 is 0 Å². The SMILES string of the molecule is Cc1ccc2[nH]c(=O)c(C(c3nnnn3Cc3ccc(F)cc3)N3CCN(Cc4ccccc4)CC3)cc2c1. The van der Waals surface area contributed by atoms with Crippen LogP contribution in [0.5, 0.6) is 0 Å². The molecule has 3 aromatic carbocycles. The Morgan fingerprint density at radius 3 is 2.41 bits per heavy atom. The number of aryl methyl sites for hydroxylation is 1. The quantitative estimate of drug-likeness (QED) is 0.348. The fraction of sp³-hybridized carbons (Fsp3) is 0.267. The van der Waals surface area contributed by atoms with Crippen LogP contribution in [0, 0.1) is 12.7 Å². The van der Waals surface area contributed by atoms with Crippen LogP contribution in [0.15, 0.2) is 83.7 Å². The number of fused-ring (bicyclic) bond motifs is 1. The smallest absolute Gasteiger partial charge is 0.253 e. The van der Waals surface area contributed by atoms with E-state index in [2.05, 4.69) is 60.6 Å². The predicted octanol–water partition coefficient (Wildman–Crippen LogP) is 3.92. The molecule has 0 radical (unpaired) electrons. The highest BCUT2D eigenvalue weighted by Crippen LogP contribution is 2.28. The van der Waals surface area contributed by atoms with Crippen LogP contribution in [0.1, 0.15) is 34.1 Å². The molecule has 39 heavy (non-hydrogen) atoms. The Morgan fingerprint density at radius 1 is 0.897 bits per heavy atom. The van der Waals surface area contributed by atoms with E-state index in [-0.39, 0.29) is 11.4 Å². The summed E-state index contributed by atoms with van der Waals surface area (Å²) in [4.78, 5) is 21.3. The molecular formula is C30H30FN7O. The van der Waals surface area contributed by atoms with Crippen molar-refractivity contribution in [1.82, 2.24) is 35.0 Å². The lowest BCUT2D eigenvalue weighted by atomic mass is 10.0. The molecule has 0 amide bonds. The topological polar surface area (TPSA) is 82.9 Å². The number of halogens is 1. The summed E-state index contributed by atoms with van der Waals surface area (Å²) in [6, 6.07) is 24.3. The van der Waals surface area contributed by atoms with Crippen LogP contribution in [0.3, 0.4) is 0 Å². The number of aromatic amines is 1. The van der Waals surface area contributed by atoms with Crippen molar-refractivity contribution in [3.63, 3.8) is 0 Å². The van der Waals surface area contributed by atoms with Gasteiger partial charge in [0.1, 0.15) is 11.9 Å². The Kier molecular flexibility index (Phi) is 7.00. The van der Waals surface area contributed by atoms with Gasteiger partial charge in [0.05, 0.1) is 6.54 Å². The molecule has 5 aromatic rings. The van der Waals surface area contributed by atoms with Gasteiger partial charge in [0.15, 0.2) is 5.82 Å². The molecule has 2 aromatic heterocycles. The molecule has 3 heterocycles. The molecule has 0 aliphatic carbocycles. The van der Waals surface area contributed by atoms with Crippen molar-refractivity contribution in [1.29, 1.82) is 0 Å². The number of rotatable bonds is 7. The van der Waals surface area contributed by atoms with E-state index in [9.17, 15) is 9.18 Å². The van der Waals surface area contributed by atoms with E-state index in [0.29, 0.717) is 17.9 Å². The Hall–Kier alpha value is -4.21. The van der Waals surface area contributed by atoms with Crippen molar-refractivity contribution in [2.45, 2.75) is 26.1 Å². The average Bonchev–Trinajstić information content (AvgIpc) is 3.39. The summed E-state index contributed by atoms with van der Waals surface area (Å²) in [6.45, 7) is 6.52. The Bertz CT molecular complexity index is 1620. The lowest BCUT2D eigenvalue weighted by molar-refractivity contribution is 0.0998. The number of H-pyrrole nitrogens is 1. The Balaban J connectivity index is 1.35. The van der Waals surface area contributed by atoms with Crippen molar-refractivity contribution in [2.75, 3.05) is 26.2 Å². The first-order chi connectivity index (χ1) is 19.0. The van der Waals surface area contributed by atoms with Crippen LogP contribution >= 0.6 is 0 Å². The highest BCUT2D eigenvalue weighted by atomic mass is 19.1. The minimum atomic E-state index is -0.437. The molecule has 1 saturated heterocycles. The third-order valence-corrected chi connectivity index (χ3v) is 7.39. The van der Waals surface area contributed by atoms with Crippen molar-refractivity contribution in [2.24, 2.45) is 0 Å². The normalized spacial score (nSPS) is 15.5. The van der Waals surface area contributed by atoms with Crippen molar-refractivity contribution in [3.05, 3.63) is 123 Å². The number of piperazine rings is 1. The molecule has 0 saturated carbocycles. The van der Waals surface area contributed by atoms with Crippen molar-refractivity contribution in [3.8, 4) is 0 Å². The van der Waals surface area contributed by atoms with E-state index < -0.39 is 6.04 Å². The fourth-order valence-corrected chi connectivity index (χ4v) is 5.35. The Labute approximate surface area is 225 Å². The van der Waals surface area contributed by atoms with Gasteiger partial charge in [-0.15, -0.1) is 5.10 Å². The van der Waals surface area contributed by atoms with Gasteiger partial charge in [0.2, 0.25) is 0 Å². The summed E-state index contributed by atoms with van der Waals surface area (Å²) in [6.07, 6.45) is 0. The monoisotopic (exact) mass is 523 g/mol. The molecular weight excluding hydrogens is 493 g/mol. The van der Waals surface area contributed by atoms with Gasteiger partial charge in [-0.3, -0.25) is 14.6 Å². The summed E-state index contributed by atoms with van der Waals surface area (Å²) in [7, 11) is 0. The predicted molar refractivity (Wildman–Crippen MR) is 148 cm³/mol. The van der Waals surface area contributed by atoms with Crippen LogP contribution in [0.4, 0.5) is 4.39 Å². The van der Waals surface area contributed by atoms with Crippen LogP contribution in [-0.4, -0.2) is 61.2 Å². The number of hydrogen-bond donors (Lipinski definition) is 1. The summed E-state index contributed by atoms with van der Waals surface area (Å²) in [5.41, 5.74) is 4.53. The van der Waals surface area contributed by atoms with Gasteiger partial charge in [0.25, 0.3) is 5.56 Å². The van der Waals surface area contributed by atoms with Crippen LogP contribution < -0.4 is 5.56 Å². The van der Waals surface area contributed by atoms with Gasteiger partial charge in [0, 0.05) is 43.8 Å². The van der Waals surface area contributed by atoms with E-state index in [1.165, 1.54) is 17.7 Å². The lowest BCUT2D eigenvalue weighted by Crippen LogP contribution is -2.48. The van der Waals surface area contributed by atoms with Gasteiger partial charge in [-0.1, -0.05) is 54.1 Å². The van der Waals surface area contributed by atoms with E-state index in [4.69, 9.17) is 0 Å². The maximum Gasteiger partial charge on any atom is 0.253 e. The molecule has 1 unspecified atom stereocenters. The highest BCUT2D eigenvalue weighted by molar-refractivity contribution is 5.79. The number of pyridine rings is 1. The minimum absolute atomic E-state index is 0.153. The van der Waals surface area contributed by atoms with E-state index >= 15 is 0 Å². The summed E-state index contributed by atoms with van der Waals surface area (Å²) in [5, 5.41) is 13.7. The van der Waals surface area contributed by atoms with Crippen LogP contribution in [0.2, 0.25) is 0 Å². The molecule has 9 heteroatoms. The molecule has 1 fully saturated rings. The molecule has 1 aliphatic heterocycles. The van der Waals surface area contributed by atoms with E-state index in [1.807, 2.05) is 31.2 Å². The molecule has 0 spiro atoms. The number of benzene rings is 3. The largest absolute Gasteiger partial charge is 0.322 e. The average molecular weight is 524 g/mol. The molecule has 198 valence electrons. The second kappa shape index (κ2) is 10.9. The van der Waals surface area contributed by atoms with Crippen LogP contribution in [-0.2, 0) is 13.1 Å². The second-order valence-corrected chi connectivity index (χ2v) is 10.2. The summed E-state index contributed by atoms with van der Waals surface area (Å²) < 4.78 is 15.2. The zero-order chi connectivity index (χ0) is 26.8. The summed E-state index contributed by atoms with van der Waals surface area (Å²) >= 11 is 0. The standard InChI is InChI=1S/C30H30FN7O/c1-21-7-12-27-24(17-21)18-26(30(39)32-27)28(29-33-34-35-38(29)20-23-8-10-25(31)11-9-23)37-15-13-36(14-16-37)19-22-5-3-2-4-6-22/h2-12,17-18,28H,13-16,19-20H2,1H3,(H,32,39). The van der Waals surface area contributed by atoms with Crippen molar-refractivity contribution >= 4 is 10.9 Å². The maximum absolute atomic E-state index is 13.5. The molecule has 6 rings (SSSR count). The van der Waals surface area contributed by atoms with Gasteiger partial charge in [-0.05, 0) is 64.2 Å². The van der Waals surface area contributed by atoms with E-state index in [1.54, 1.807) is 16.8 Å². The molecule has 1 N–H and O–H groups in total. The van der Waals surface area contributed by atoms with Gasteiger partial charge < -0.3 is 4.98 Å². The first kappa shape index (κ1) is 25.1. The molecule has 1 atom stereocenters. The Morgan fingerprint density at radius 2 is 1.64 bits per heavy atom. The van der Waals surface area contributed by atoms with Crippen molar-refractivity contribution < 1.29 is 4.39 Å². The highest BCUT2D eigenvalue weighted by Gasteiger charge is 2.32. The number of aromatic nitrogens is 5. The van der Waals surface area contributed by atoms with Gasteiger partial charge in [-0.2, -0.15) is 0 Å². The lowest BCUT2D eigenvalue weighted by Gasteiger charge is -2.38. The number of nitrogens with one attached hydrogen (secondary N) is 1. The summed E-state index contributed by atoms with van der Waals surface area (Å²) in [5.74, 6) is 0.299. The number of hydrogen-bond acceptors (Lipinski definition) is 6. The van der Waals surface area contributed by atoms with Gasteiger partial charge in [-0.25, -0.2) is 9.07 Å².